The number of nitrogens with zero attached hydrogens (tertiary/aromatic N) is 1. The molecule has 0 aromatic carbocycles. The number of pyridine rings is 1. The third kappa shape index (κ3) is 2.84. The Bertz CT molecular complexity index is 348. The Hall–Kier alpha value is -1.37. The van der Waals surface area contributed by atoms with E-state index in [1.807, 2.05) is 25.3 Å². The van der Waals surface area contributed by atoms with Gasteiger partial charge in [-0.1, -0.05) is 38.7 Å². The normalized spacial score (nSPS) is 11.1. The van der Waals surface area contributed by atoms with Crippen molar-refractivity contribution >= 4 is 12.2 Å². The minimum absolute atomic E-state index is 0.564. The summed E-state index contributed by atoms with van der Waals surface area (Å²) in [4.78, 5) is 4.27. The van der Waals surface area contributed by atoms with Crippen molar-refractivity contribution in [1.82, 2.24) is 4.98 Å². The van der Waals surface area contributed by atoms with Crippen LogP contribution >= 0.6 is 0 Å². The van der Waals surface area contributed by atoms with Crippen molar-refractivity contribution in [3.63, 3.8) is 0 Å². The topological polar surface area (TPSA) is 12.9 Å². The third-order valence-corrected chi connectivity index (χ3v) is 1.99. The SMILES string of the molecule is C=Cc1cc(C)ncc1C=CC(C)C. The molecule has 1 heteroatoms. The number of aryl methyl sites for hydroxylation is 1. The first kappa shape index (κ1) is 10.7. The van der Waals surface area contributed by atoms with Crippen LogP contribution in [0.3, 0.4) is 0 Å². The highest BCUT2D eigenvalue weighted by molar-refractivity contribution is 5.63. The van der Waals surface area contributed by atoms with E-state index >= 15 is 0 Å². The zero-order valence-corrected chi connectivity index (χ0v) is 9.12. The van der Waals surface area contributed by atoms with E-state index in [4.69, 9.17) is 0 Å². The van der Waals surface area contributed by atoms with Crippen molar-refractivity contribution in [3.05, 3.63) is 41.7 Å². The molecule has 0 saturated heterocycles. The first-order valence-corrected chi connectivity index (χ1v) is 4.90. The van der Waals surface area contributed by atoms with Crippen LogP contribution in [0.15, 0.2) is 24.9 Å². The van der Waals surface area contributed by atoms with Crippen LogP contribution in [-0.2, 0) is 0 Å². The van der Waals surface area contributed by atoms with Crippen LogP contribution in [0.4, 0.5) is 0 Å². The maximum atomic E-state index is 4.27. The number of aromatic nitrogens is 1. The Morgan fingerprint density at radius 1 is 1.36 bits per heavy atom. The molecule has 0 spiro atoms. The highest BCUT2D eigenvalue weighted by Crippen LogP contribution is 2.13. The van der Waals surface area contributed by atoms with E-state index in [9.17, 15) is 0 Å². The summed E-state index contributed by atoms with van der Waals surface area (Å²) in [6.45, 7) is 10.1. The maximum absolute atomic E-state index is 4.27. The molecular formula is C13H17N. The highest BCUT2D eigenvalue weighted by atomic mass is 14.7. The molecule has 14 heavy (non-hydrogen) atoms. The lowest BCUT2D eigenvalue weighted by Gasteiger charge is -2.02. The number of hydrogen-bond donors (Lipinski definition) is 0. The van der Waals surface area contributed by atoms with E-state index in [-0.39, 0.29) is 0 Å². The fourth-order valence-corrected chi connectivity index (χ4v) is 1.20. The summed E-state index contributed by atoms with van der Waals surface area (Å²) < 4.78 is 0. The minimum Gasteiger partial charge on any atom is -0.261 e. The fourth-order valence-electron chi connectivity index (χ4n) is 1.20. The van der Waals surface area contributed by atoms with Crippen molar-refractivity contribution in [3.8, 4) is 0 Å². The molecule has 0 unspecified atom stereocenters. The molecule has 0 atom stereocenters. The minimum atomic E-state index is 0.564. The predicted molar refractivity (Wildman–Crippen MR) is 62.9 cm³/mol. The van der Waals surface area contributed by atoms with Gasteiger partial charge in [0.05, 0.1) is 0 Å². The zero-order chi connectivity index (χ0) is 10.6. The first-order valence-electron chi connectivity index (χ1n) is 4.90. The van der Waals surface area contributed by atoms with Gasteiger partial charge in [-0.25, -0.2) is 0 Å². The Morgan fingerprint density at radius 2 is 2.07 bits per heavy atom. The first-order chi connectivity index (χ1) is 6.63. The van der Waals surface area contributed by atoms with Crippen molar-refractivity contribution in [2.24, 2.45) is 5.92 Å². The molecule has 0 aliphatic heterocycles. The second-order valence-electron chi connectivity index (χ2n) is 3.76. The summed E-state index contributed by atoms with van der Waals surface area (Å²) >= 11 is 0. The molecule has 0 N–H and O–H groups in total. The molecule has 0 radical (unpaired) electrons. The van der Waals surface area contributed by atoms with Crippen molar-refractivity contribution in [1.29, 1.82) is 0 Å². The number of hydrogen-bond acceptors (Lipinski definition) is 1. The maximum Gasteiger partial charge on any atom is 0.0379 e. The van der Waals surface area contributed by atoms with Gasteiger partial charge in [0.1, 0.15) is 0 Å². The number of rotatable bonds is 3. The van der Waals surface area contributed by atoms with Crippen LogP contribution in [0.5, 0.6) is 0 Å². The van der Waals surface area contributed by atoms with Gasteiger partial charge in [0.15, 0.2) is 0 Å². The molecule has 0 saturated carbocycles. The fraction of sp³-hybridized carbons (Fsp3) is 0.308. The van der Waals surface area contributed by atoms with Crippen LogP contribution < -0.4 is 0 Å². The lowest BCUT2D eigenvalue weighted by atomic mass is 10.1. The summed E-state index contributed by atoms with van der Waals surface area (Å²) in [5, 5.41) is 0. The Labute approximate surface area is 86.2 Å². The summed E-state index contributed by atoms with van der Waals surface area (Å²) in [5.41, 5.74) is 3.32. The lowest BCUT2D eigenvalue weighted by molar-refractivity contribution is 0.836. The molecule has 1 aromatic heterocycles. The molecule has 0 aliphatic rings. The van der Waals surface area contributed by atoms with Gasteiger partial charge in [0, 0.05) is 11.9 Å². The standard InChI is InChI=1S/C13H17N/c1-5-12-8-11(4)14-9-13(12)7-6-10(2)3/h5-10H,1H2,2-4H3. The lowest BCUT2D eigenvalue weighted by Crippen LogP contribution is -1.87. The van der Waals surface area contributed by atoms with Gasteiger partial charge < -0.3 is 0 Å². The van der Waals surface area contributed by atoms with Crippen LogP contribution in [0, 0.1) is 12.8 Å². The average molecular weight is 187 g/mol. The van der Waals surface area contributed by atoms with Gasteiger partial charge in [-0.05, 0) is 30.0 Å². The quantitative estimate of drug-likeness (QED) is 0.703. The second kappa shape index (κ2) is 4.75. The molecule has 1 nitrogen and oxygen atoms in total. The van der Waals surface area contributed by atoms with Crippen LogP contribution in [0.1, 0.15) is 30.7 Å². The summed E-state index contributed by atoms with van der Waals surface area (Å²) in [6.07, 6.45) is 8.04. The Kier molecular flexibility index (Phi) is 3.63. The van der Waals surface area contributed by atoms with Gasteiger partial charge in [0.2, 0.25) is 0 Å². The summed E-state index contributed by atoms with van der Waals surface area (Å²) in [6, 6.07) is 2.05. The molecule has 1 rings (SSSR count). The highest BCUT2D eigenvalue weighted by Gasteiger charge is 1.96. The molecule has 1 heterocycles. The molecule has 0 aliphatic carbocycles. The van der Waals surface area contributed by atoms with Crippen molar-refractivity contribution in [2.75, 3.05) is 0 Å². The summed E-state index contributed by atoms with van der Waals surface area (Å²) in [5.74, 6) is 0.564. The third-order valence-electron chi connectivity index (χ3n) is 1.99. The molecule has 0 fully saturated rings. The number of allylic oxidation sites excluding steroid dienone is 1. The van der Waals surface area contributed by atoms with Gasteiger partial charge in [-0.3, -0.25) is 4.98 Å². The van der Waals surface area contributed by atoms with E-state index in [0.717, 1.165) is 16.8 Å². The van der Waals surface area contributed by atoms with Crippen LogP contribution in [-0.4, -0.2) is 4.98 Å². The molecule has 0 amide bonds. The van der Waals surface area contributed by atoms with E-state index in [1.165, 1.54) is 0 Å². The van der Waals surface area contributed by atoms with Gasteiger partial charge in [0.25, 0.3) is 0 Å². The van der Waals surface area contributed by atoms with Crippen molar-refractivity contribution in [2.45, 2.75) is 20.8 Å². The molecule has 74 valence electrons. The monoisotopic (exact) mass is 187 g/mol. The van der Waals surface area contributed by atoms with Crippen molar-refractivity contribution < 1.29 is 0 Å². The predicted octanol–water partition coefficient (Wildman–Crippen LogP) is 3.70. The second-order valence-corrected chi connectivity index (χ2v) is 3.76. The Balaban J connectivity index is 3.02. The average Bonchev–Trinajstić information content (AvgIpc) is 2.15. The van der Waals surface area contributed by atoms with E-state index in [0.29, 0.717) is 5.92 Å². The Morgan fingerprint density at radius 3 is 2.64 bits per heavy atom. The largest absolute Gasteiger partial charge is 0.261 e. The van der Waals surface area contributed by atoms with Crippen LogP contribution in [0.25, 0.3) is 12.2 Å². The van der Waals surface area contributed by atoms with E-state index in [1.54, 1.807) is 0 Å². The zero-order valence-electron chi connectivity index (χ0n) is 9.12. The van der Waals surface area contributed by atoms with E-state index < -0.39 is 0 Å². The summed E-state index contributed by atoms with van der Waals surface area (Å²) in [7, 11) is 0. The smallest absolute Gasteiger partial charge is 0.0379 e. The van der Waals surface area contributed by atoms with Gasteiger partial charge in [-0.15, -0.1) is 0 Å². The molecular weight excluding hydrogens is 170 g/mol. The molecule has 0 bridgehead atoms. The van der Waals surface area contributed by atoms with Gasteiger partial charge >= 0.3 is 0 Å². The van der Waals surface area contributed by atoms with Gasteiger partial charge in [-0.2, -0.15) is 0 Å². The molecule has 1 aromatic rings. The van der Waals surface area contributed by atoms with Crippen LogP contribution in [0.2, 0.25) is 0 Å². The van der Waals surface area contributed by atoms with E-state index in [2.05, 4.69) is 37.6 Å².